The van der Waals surface area contributed by atoms with Crippen molar-refractivity contribution in [1.82, 2.24) is 0 Å². The molecule has 17 heavy (non-hydrogen) atoms. The maximum absolute atomic E-state index is 11.8. The van der Waals surface area contributed by atoms with Crippen LogP contribution in [-0.4, -0.2) is 18.5 Å². The molecule has 0 aromatic heterocycles. The van der Waals surface area contributed by atoms with Crippen LogP contribution in [0.5, 0.6) is 0 Å². The normalized spacial score (nSPS) is 14.8. The molecule has 0 spiro atoms. The van der Waals surface area contributed by atoms with Crippen molar-refractivity contribution in [2.24, 2.45) is 11.3 Å². The Labute approximate surface area is 107 Å². The summed E-state index contributed by atoms with van der Waals surface area (Å²) in [6, 6.07) is 0. The minimum Gasteiger partial charge on any atom is -0.379 e. The number of ketones is 1. The molecule has 0 saturated carbocycles. The number of methoxy groups -OCH3 is 1. The first-order valence-electron chi connectivity index (χ1n) is 6.62. The van der Waals surface area contributed by atoms with Crippen molar-refractivity contribution in [3.63, 3.8) is 0 Å². The molecule has 0 rings (SSSR count). The lowest BCUT2D eigenvalue weighted by atomic mass is 9.83. The third-order valence-electron chi connectivity index (χ3n) is 3.10. The van der Waals surface area contributed by atoms with Gasteiger partial charge in [0.15, 0.2) is 0 Å². The van der Waals surface area contributed by atoms with Crippen molar-refractivity contribution in [2.75, 3.05) is 7.11 Å². The highest BCUT2D eigenvalue weighted by molar-refractivity contribution is 5.78. The summed E-state index contributed by atoms with van der Waals surface area (Å²) in [5.74, 6) is 0.847. The lowest BCUT2D eigenvalue weighted by molar-refractivity contribution is -0.121. The molecule has 2 heteroatoms. The fraction of sp³-hybridized carbons (Fsp3) is 0.933. The van der Waals surface area contributed by atoms with E-state index in [1.54, 1.807) is 7.11 Å². The summed E-state index contributed by atoms with van der Waals surface area (Å²) < 4.78 is 5.32. The highest BCUT2D eigenvalue weighted by Gasteiger charge is 2.21. The van der Waals surface area contributed by atoms with E-state index < -0.39 is 0 Å². The minimum absolute atomic E-state index is 0.178. The van der Waals surface area contributed by atoms with E-state index in [9.17, 15) is 4.79 Å². The Morgan fingerprint density at radius 3 is 2.12 bits per heavy atom. The largest absolute Gasteiger partial charge is 0.379 e. The summed E-state index contributed by atoms with van der Waals surface area (Å²) in [4.78, 5) is 11.8. The molecule has 0 aliphatic carbocycles. The third kappa shape index (κ3) is 9.34. The van der Waals surface area contributed by atoms with Crippen molar-refractivity contribution in [1.29, 1.82) is 0 Å². The van der Waals surface area contributed by atoms with Gasteiger partial charge in [-0.25, -0.2) is 0 Å². The molecule has 2 nitrogen and oxygen atoms in total. The Morgan fingerprint density at radius 1 is 1.18 bits per heavy atom. The zero-order valence-corrected chi connectivity index (χ0v) is 12.7. The summed E-state index contributed by atoms with van der Waals surface area (Å²) in [6.07, 6.45) is 3.25. The summed E-state index contributed by atoms with van der Waals surface area (Å²) in [6.45, 7) is 12.9. The summed E-state index contributed by atoms with van der Waals surface area (Å²) in [5, 5.41) is 0. The van der Waals surface area contributed by atoms with Gasteiger partial charge in [-0.2, -0.15) is 0 Å². The summed E-state index contributed by atoms with van der Waals surface area (Å²) in [5.41, 5.74) is 0.133. The van der Waals surface area contributed by atoms with Crippen LogP contribution in [0.4, 0.5) is 0 Å². The molecular formula is C15H30O2. The standard InChI is InChI=1S/C15H30O2/c1-12(11-14(2,3)4)10-13(16)8-9-15(5,6)17-7/h12H,8-11H2,1-7H3. The molecule has 0 amide bonds. The van der Waals surface area contributed by atoms with E-state index >= 15 is 0 Å². The Bertz CT molecular complexity index is 236. The van der Waals surface area contributed by atoms with Crippen molar-refractivity contribution >= 4 is 5.78 Å². The molecule has 0 aliphatic heterocycles. The molecule has 0 heterocycles. The van der Waals surface area contributed by atoms with Gasteiger partial charge in [-0.3, -0.25) is 4.79 Å². The molecule has 102 valence electrons. The van der Waals surface area contributed by atoms with Crippen molar-refractivity contribution in [2.45, 2.75) is 72.8 Å². The van der Waals surface area contributed by atoms with Gasteiger partial charge in [0.1, 0.15) is 5.78 Å². The Hall–Kier alpha value is -0.370. The van der Waals surface area contributed by atoms with E-state index in [0.717, 1.165) is 12.8 Å². The molecule has 0 radical (unpaired) electrons. The molecule has 0 bridgehead atoms. The van der Waals surface area contributed by atoms with Gasteiger partial charge in [-0.1, -0.05) is 27.7 Å². The van der Waals surface area contributed by atoms with Crippen LogP contribution in [0.25, 0.3) is 0 Å². The molecule has 0 aromatic carbocycles. The number of rotatable bonds is 7. The predicted molar refractivity (Wildman–Crippen MR) is 73.2 cm³/mol. The lowest BCUT2D eigenvalue weighted by Gasteiger charge is -2.24. The van der Waals surface area contributed by atoms with Crippen LogP contribution in [-0.2, 0) is 9.53 Å². The Balaban J connectivity index is 3.95. The SMILES string of the molecule is COC(C)(C)CCC(=O)CC(C)CC(C)(C)C. The molecule has 1 atom stereocenters. The predicted octanol–water partition coefficient (Wildman–Crippen LogP) is 4.22. The smallest absolute Gasteiger partial charge is 0.133 e. The van der Waals surface area contributed by atoms with Crippen molar-refractivity contribution < 1.29 is 9.53 Å². The summed E-state index contributed by atoms with van der Waals surface area (Å²) in [7, 11) is 1.70. The quantitative estimate of drug-likeness (QED) is 0.668. The highest BCUT2D eigenvalue weighted by atomic mass is 16.5. The number of ether oxygens (including phenoxy) is 1. The van der Waals surface area contributed by atoms with Gasteiger partial charge in [0, 0.05) is 20.0 Å². The molecular weight excluding hydrogens is 212 g/mol. The average molecular weight is 242 g/mol. The zero-order chi connectivity index (χ0) is 13.7. The van der Waals surface area contributed by atoms with Gasteiger partial charge in [0.05, 0.1) is 5.60 Å². The van der Waals surface area contributed by atoms with Crippen LogP contribution in [0.3, 0.4) is 0 Å². The zero-order valence-electron chi connectivity index (χ0n) is 12.7. The van der Waals surface area contributed by atoms with Gasteiger partial charge in [-0.15, -0.1) is 0 Å². The fourth-order valence-electron chi connectivity index (χ4n) is 2.15. The Morgan fingerprint density at radius 2 is 1.71 bits per heavy atom. The second kappa shape index (κ2) is 6.53. The molecule has 0 N–H and O–H groups in total. The van der Waals surface area contributed by atoms with Crippen LogP contribution in [0.2, 0.25) is 0 Å². The van der Waals surface area contributed by atoms with Gasteiger partial charge in [-0.05, 0) is 38.0 Å². The molecule has 0 saturated heterocycles. The van der Waals surface area contributed by atoms with E-state index in [2.05, 4.69) is 27.7 Å². The first-order chi connectivity index (χ1) is 7.56. The first-order valence-corrected chi connectivity index (χ1v) is 6.62. The maximum atomic E-state index is 11.8. The second-order valence-electron chi connectivity index (χ2n) is 7.08. The van der Waals surface area contributed by atoms with Crippen LogP contribution >= 0.6 is 0 Å². The van der Waals surface area contributed by atoms with E-state index in [1.807, 2.05) is 13.8 Å². The van der Waals surface area contributed by atoms with Gasteiger partial charge in [0.25, 0.3) is 0 Å². The molecule has 0 fully saturated rings. The van der Waals surface area contributed by atoms with E-state index in [0.29, 0.717) is 30.0 Å². The minimum atomic E-state index is -0.178. The highest BCUT2D eigenvalue weighted by Crippen LogP contribution is 2.27. The van der Waals surface area contributed by atoms with Gasteiger partial charge in [0.2, 0.25) is 0 Å². The number of Topliss-reactive ketones (excluding diaryl/α,β-unsaturated/α-hetero) is 1. The number of carbonyl (C=O) groups is 1. The summed E-state index contributed by atoms with van der Waals surface area (Å²) >= 11 is 0. The van der Waals surface area contributed by atoms with Gasteiger partial charge >= 0.3 is 0 Å². The van der Waals surface area contributed by atoms with Crippen LogP contribution < -0.4 is 0 Å². The van der Waals surface area contributed by atoms with E-state index in [-0.39, 0.29) is 5.60 Å². The van der Waals surface area contributed by atoms with Crippen LogP contribution in [0, 0.1) is 11.3 Å². The maximum Gasteiger partial charge on any atom is 0.133 e. The lowest BCUT2D eigenvalue weighted by Crippen LogP contribution is -2.24. The molecule has 1 unspecified atom stereocenters. The monoisotopic (exact) mass is 242 g/mol. The average Bonchev–Trinajstić information content (AvgIpc) is 2.12. The van der Waals surface area contributed by atoms with Crippen LogP contribution in [0.15, 0.2) is 0 Å². The third-order valence-corrected chi connectivity index (χ3v) is 3.10. The number of hydrogen-bond donors (Lipinski definition) is 0. The topological polar surface area (TPSA) is 26.3 Å². The fourth-order valence-corrected chi connectivity index (χ4v) is 2.15. The van der Waals surface area contributed by atoms with E-state index in [4.69, 9.17) is 4.74 Å². The van der Waals surface area contributed by atoms with Crippen LogP contribution in [0.1, 0.15) is 67.2 Å². The number of hydrogen-bond acceptors (Lipinski definition) is 2. The van der Waals surface area contributed by atoms with Crippen molar-refractivity contribution in [3.8, 4) is 0 Å². The second-order valence-corrected chi connectivity index (χ2v) is 7.08. The molecule has 0 aliphatic rings. The Kier molecular flexibility index (Phi) is 6.39. The van der Waals surface area contributed by atoms with Crippen molar-refractivity contribution in [3.05, 3.63) is 0 Å². The van der Waals surface area contributed by atoms with Gasteiger partial charge < -0.3 is 4.74 Å². The first kappa shape index (κ1) is 16.6. The van der Waals surface area contributed by atoms with E-state index in [1.165, 1.54) is 0 Å². The molecule has 0 aromatic rings. The number of carbonyl (C=O) groups excluding carboxylic acids is 1.